The molecule has 2 aromatic carbocycles. The van der Waals surface area contributed by atoms with Gasteiger partial charge in [-0.25, -0.2) is 22.0 Å². The molecular formula is C19H16FN5O4S2. The second-order valence-electron chi connectivity index (χ2n) is 6.69. The average Bonchev–Trinajstić information content (AvgIpc) is 3.30. The lowest BCUT2D eigenvalue weighted by Gasteiger charge is -2.09. The zero-order valence-electron chi connectivity index (χ0n) is 16.1. The van der Waals surface area contributed by atoms with Crippen molar-refractivity contribution in [3.63, 3.8) is 0 Å². The minimum absolute atomic E-state index is 0.0468. The normalized spacial score (nSPS) is 11.8. The van der Waals surface area contributed by atoms with Gasteiger partial charge in [-0.2, -0.15) is 4.98 Å². The minimum atomic E-state index is -3.94. The van der Waals surface area contributed by atoms with Crippen LogP contribution >= 0.6 is 11.3 Å². The first-order valence-corrected chi connectivity index (χ1v) is 11.5. The van der Waals surface area contributed by atoms with Gasteiger partial charge in [0.2, 0.25) is 15.0 Å². The highest BCUT2D eigenvalue weighted by Gasteiger charge is 2.21. The van der Waals surface area contributed by atoms with Crippen molar-refractivity contribution in [1.82, 2.24) is 19.3 Å². The van der Waals surface area contributed by atoms with Crippen LogP contribution in [0.15, 0.2) is 52.7 Å². The molecule has 1 N–H and O–H groups in total. The summed E-state index contributed by atoms with van der Waals surface area (Å²) in [5.74, 6) is -0.179. The Morgan fingerprint density at radius 1 is 1.26 bits per heavy atom. The van der Waals surface area contributed by atoms with Crippen molar-refractivity contribution in [3.8, 4) is 11.4 Å². The lowest BCUT2D eigenvalue weighted by Crippen LogP contribution is -2.27. The number of nitrogens with zero attached hydrogens (tertiary/aromatic N) is 4. The number of aryl methyl sites for hydroxylation is 1. The number of nitrogens with one attached hydrogen (secondary N) is 1. The first-order chi connectivity index (χ1) is 14.8. The number of sulfonamides is 1. The molecule has 0 spiro atoms. The van der Waals surface area contributed by atoms with Crippen molar-refractivity contribution < 1.29 is 17.7 Å². The van der Waals surface area contributed by atoms with E-state index in [2.05, 4.69) is 14.8 Å². The smallest absolute Gasteiger partial charge is 0.258 e. The largest absolute Gasteiger partial charge is 0.270 e. The summed E-state index contributed by atoms with van der Waals surface area (Å²) in [6.45, 7) is 1.62. The van der Waals surface area contributed by atoms with E-state index < -0.39 is 20.8 Å². The Labute approximate surface area is 180 Å². The maximum absolute atomic E-state index is 14.0. The second kappa shape index (κ2) is 8.13. The van der Waals surface area contributed by atoms with E-state index >= 15 is 0 Å². The number of nitro groups is 1. The lowest BCUT2D eigenvalue weighted by atomic mass is 10.2. The van der Waals surface area contributed by atoms with Crippen molar-refractivity contribution in [2.24, 2.45) is 0 Å². The number of benzene rings is 2. The zero-order valence-corrected chi connectivity index (χ0v) is 17.8. The number of halogens is 1. The summed E-state index contributed by atoms with van der Waals surface area (Å²) in [7, 11) is -3.94. The van der Waals surface area contributed by atoms with Crippen LogP contribution in [0, 0.1) is 22.9 Å². The third kappa shape index (κ3) is 4.17. The summed E-state index contributed by atoms with van der Waals surface area (Å²) in [4.78, 5) is 15.1. The molecule has 2 aromatic heterocycles. The molecule has 0 aliphatic carbocycles. The van der Waals surface area contributed by atoms with Crippen LogP contribution in [0.25, 0.3) is 16.3 Å². The quantitative estimate of drug-likeness (QED) is 0.333. The molecule has 0 saturated heterocycles. The summed E-state index contributed by atoms with van der Waals surface area (Å²) in [5.41, 5.74) is 1.09. The van der Waals surface area contributed by atoms with Gasteiger partial charge >= 0.3 is 0 Å². The minimum Gasteiger partial charge on any atom is -0.258 e. The highest BCUT2D eigenvalue weighted by molar-refractivity contribution is 7.89. The van der Waals surface area contributed by atoms with Crippen molar-refractivity contribution >= 4 is 32.0 Å². The Hall–Kier alpha value is -3.22. The molecule has 2 heterocycles. The van der Waals surface area contributed by atoms with E-state index in [4.69, 9.17) is 0 Å². The van der Waals surface area contributed by atoms with Crippen LogP contribution in [0.4, 0.5) is 10.1 Å². The van der Waals surface area contributed by atoms with Gasteiger partial charge < -0.3 is 0 Å². The van der Waals surface area contributed by atoms with Gasteiger partial charge in [-0.15, -0.1) is 16.4 Å². The average molecular weight is 462 g/mol. The van der Waals surface area contributed by atoms with Gasteiger partial charge in [-0.3, -0.25) is 10.1 Å². The van der Waals surface area contributed by atoms with E-state index in [1.165, 1.54) is 29.5 Å². The van der Waals surface area contributed by atoms with Gasteiger partial charge in [0.25, 0.3) is 5.69 Å². The highest BCUT2D eigenvalue weighted by Crippen LogP contribution is 2.24. The Kier molecular flexibility index (Phi) is 5.52. The van der Waals surface area contributed by atoms with Crippen LogP contribution < -0.4 is 4.72 Å². The Morgan fingerprint density at radius 3 is 2.77 bits per heavy atom. The van der Waals surface area contributed by atoms with E-state index in [0.29, 0.717) is 22.6 Å². The fourth-order valence-corrected chi connectivity index (χ4v) is 5.19. The van der Waals surface area contributed by atoms with Crippen LogP contribution in [-0.2, 0) is 16.4 Å². The summed E-state index contributed by atoms with van der Waals surface area (Å²) in [6, 6.07) is 9.89. The topological polar surface area (TPSA) is 120 Å². The lowest BCUT2D eigenvalue weighted by molar-refractivity contribution is -0.385. The number of non-ortho nitro benzene ring substituents is 1. The molecule has 4 rings (SSSR count). The summed E-state index contributed by atoms with van der Waals surface area (Å²) in [5, 5.41) is 17.1. The molecule has 160 valence electrons. The van der Waals surface area contributed by atoms with Gasteiger partial charge in [0.15, 0.2) is 5.82 Å². The molecule has 4 aromatic rings. The molecular weight excluding hydrogens is 445 g/mol. The Morgan fingerprint density at radius 2 is 2.03 bits per heavy atom. The van der Waals surface area contributed by atoms with Crippen LogP contribution in [0.1, 0.15) is 11.3 Å². The fourth-order valence-electron chi connectivity index (χ4n) is 3.04. The molecule has 0 amide bonds. The third-order valence-corrected chi connectivity index (χ3v) is 7.08. The van der Waals surface area contributed by atoms with Crippen LogP contribution in [-0.4, -0.2) is 34.5 Å². The predicted octanol–water partition coefficient (Wildman–Crippen LogP) is 3.33. The number of fused-ring (bicyclic) bond motifs is 1. The first-order valence-electron chi connectivity index (χ1n) is 9.09. The van der Waals surface area contributed by atoms with E-state index in [-0.39, 0.29) is 28.5 Å². The molecule has 0 aliphatic rings. The molecule has 12 heteroatoms. The monoisotopic (exact) mass is 461 g/mol. The van der Waals surface area contributed by atoms with Crippen molar-refractivity contribution in [2.45, 2.75) is 18.2 Å². The Balaban J connectivity index is 1.52. The molecule has 0 atom stereocenters. The number of nitro benzene ring substituents is 1. The van der Waals surface area contributed by atoms with Gasteiger partial charge in [0.1, 0.15) is 5.82 Å². The number of thiazole rings is 1. The maximum Gasteiger partial charge on any atom is 0.270 e. The van der Waals surface area contributed by atoms with Crippen LogP contribution in [0.3, 0.4) is 0 Å². The predicted molar refractivity (Wildman–Crippen MR) is 113 cm³/mol. The van der Waals surface area contributed by atoms with Crippen LogP contribution in [0.5, 0.6) is 0 Å². The van der Waals surface area contributed by atoms with Crippen molar-refractivity contribution in [1.29, 1.82) is 0 Å². The molecule has 0 unspecified atom stereocenters. The summed E-state index contributed by atoms with van der Waals surface area (Å²) >= 11 is 1.31. The highest BCUT2D eigenvalue weighted by atomic mass is 32.2. The zero-order chi connectivity index (χ0) is 22.2. The third-order valence-electron chi connectivity index (χ3n) is 4.61. The summed E-state index contributed by atoms with van der Waals surface area (Å²) < 4.78 is 43.3. The van der Waals surface area contributed by atoms with Gasteiger partial charge in [-0.1, -0.05) is 18.2 Å². The Bertz CT molecular complexity index is 1400. The molecule has 0 aliphatic heterocycles. The molecule has 9 nitrogen and oxygen atoms in total. The second-order valence-corrected chi connectivity index (χ2v) is 9.26. The molecule has 31 heavy (non-hydrogen) atoms. The number of aromatic nitrogens is 3. The molecule has 0 fully saturated rings. The first kappa shape index (κ1) is 21.0. The van der Waals surface area contributed by atoms with E-state index in [9.17, 15) is 22.9 Å². The van der Waals surface area contributed by atoms with Gasteiger partial charge in [0, 0.05) is 30.5 Å². The number of hydrogen-bond acceptors (Lipinski definition) is 7. The number of rotatable bonds is 7. The van der Waals surface area contributed by atoms with Crippen molar-refractivity contribution in [3.05, 3.63) is 75.0 Å². The van der Waals surface area contributed by atoms with Gasteiger partial charge in [-0.05, 0) is 24.6 Å². The SMILES string of the molecule is Cc1ccc([N+](=O)[O-])cc1S(=O)(=O)NCCc1csc2nc(-c3ccccc3F)nn12. The number of hydrogen-bond donors (Lipinski definition) is 1. The van der Waals surface area contributed by atoms with Crippen molar-refractivity contribution in [2.75, 3.05) is 6.54 Å². The standard InChI is InChI=1S/C19H16FN5O4S2/c1-12-6-7-13(25(26)27)10-17(12)31(28,29)21-9-8-14-11-30-19-22-18(23-24(14)19)15-4-2-3-5-16(15)20/h2-7,10-11,21H,8-9H2,1H3. The molecule has 0 bridgehead atoms. The summed E-state index contributed by atoms with van der Waals surface area (Å²) in [6.07, 6.45) is 0.299. The van der Waals surface area contributed by atoms with E-state index in [0.717, 1.165) is 6.07 Å². The fraction of sp³-hybridized carbons (Fsp3) is 0.158. The van der Waals surface area contributed by atoms with Crippen LogP contribution in [0.2, 0.25) is 0 Å². The van der Waals surface area contributed by atoms with E-state index in [1.54, 1.807) is 35.0 Å². The molecule has 0 radical (unpaired) electrons. The maximum atomic E-state index is 14.0. The van der Waals surface area contributed by atoms with Gasteiger partial charge in [0.05, 0.1) is 21.1 Å². The van der Waals surface area contributed by atoms with E-state index in [1.807, 2.05) is 0 Å². The molecule has 0 saturated carbocycles.